The van der Waals surface area contributed by atoms with Crippen LogP contribution in [0.2, 0.25) is 0 Å². The highest BCUT2D eigenvalue weighted by Crippen LogP contribution is 2.42. The van der Waals surface area contributed by atoms with Crippen molar-refractivity contribution < 1.29 is 33.5 Å². The maximum atomic E-state index is 10.1. The Morgan fingerprint density at radius 1 is 1.19 bits per heavy atom. The average molecular weight is 304 g/mol. The molecule has 0 spiro atoms. The van der Waals surface area contributed by atoms with Crippen molar-refractivity contribution in [1.82, 2.24) is 0 Å². The Balaban J connectivity index is 2.24. The first-order valence-corrected chi connectivity index (χ1v) is 6.89. The minimum atomic E-state index is -1.17. The van der Waals surface area contributed by atoms with E-state index >= 15 is 0 Å². The van der Waals surface area contributed by atoms with Crippen molar-refractivity contribution in [2.24, 2.45) is 0 Å². The predicted molar refractivity (Wildman–Crippen MR) is 72.5 cm³/mol. The van der Waals surface area contributed by atoms with Gasteiger partial charge in [0.1, 0.15) is 18.3 Å². The molecule has 2 fully saturated rings. The van der Waals surface area contributed by atoms with Crippen molar-refractivity contribution in [2.75, 3.05) is 27.4 Å². The van der Waals surface area contributed by atoms with Gasteiger partial charge in [0.15, 0.2) is 6.29 Å². The largest absolute Gasteiger partial charge is 0.388 e. The van der Waals surface area contributed by atoms with Gasteiger partial charge in [-0.3, -0.25) is 0 Å². The second kappa shape index (κ2) is 6.29. The monoisotopic (exact) mass is 304 g/mol. The molecule has 2 aliphatic rings. The summed E-state index contributed by atoms with van der Waals surface area (Å²) >= 11 is 0. The van der Waals surface area contributed by atoms with Crippen LogP contribution in [0.15, 0.2) is 12.7 Å². The van der Waals surface area contributed by atoms with Crippen molar-refractivity contribution in [1.29, 1.82) is 0 Å². The molecule has 0 unspecified atom stereocenters. The lowest BCUT2D eigenvalue weighted by Crippen LogP contribution is -2.71. The van der Waals surface area contributed by atoms with Crippen LogP contribution in [0.1, 0.15) is 13.8 Å². The summed E-state index contributed by atoms with van der Waals surface area (Å²) in [5, 5.41) is 10.1. The SMILES string of the molecule is C=CCO[C@H]1OC[C@@H](O)[C@@H]2O[C@@](C)(OC)[C@](C)(OC)O[C@@H]12. The molecule has 0 aromatic heterocycles. The first kappa shape index (κ1) is 16.8. The summed E-state index contributed by atoms with van der Waals surface area (Å²) < 4.78 is 33.8. The Hall–Kier alpha value is -0.540. The molecule has 0 aromatic carbocycles. The van der Waals surface area contributed by atoms with Gasteiger partial charge in [-0.25, -0.2) is 0 Å². The topological polar surface area (TPSA) is 75.6 Å². The third-order valence-corrected chi connectivity index (χ3v) is 4.11. The summed E-state index contributed by atoms with van der Waals surface area (Å²) in [7, 11) is 3.00. The molecule has 0 amide bonds. The van der Waals surface area contributed by atoms with Crippen molar-refractivity contribution in [3.8, 4) is 0 Å². The van der Waals surface area contributed by atoms with Crippen LogP contribution < -0.4 is 0 Å². The van der Waals surface area contributed by atoms with Crippen LogP contribution in [0.5, 0.6) is 0 Å². The minimum Gasteiger partial charge on any atom is -0.388 e. The molecule has 7 heteroatoms. The molecule has 1 N–H and O–H groups in total. The maximum absolute atomic E-state index is 10.1. The molecule has 0 saturated carbocycles. The van der Waals surface area contributed by atoms with E-state index < -0.39 is 36.2 Å². The number of hydrogen-bond donors (Lipinski definition) is 1. The third-order valence-electron chi connectivity index (χ3n) is 4.11. The number of aliphatic hydroxyl groups is 1. The molecule has 0 aromatic rings. The Kier molecular flexibility index (Phi) is 5.04. The summed E-state index contributed by atoms with van der Waals surface area (Å²) in [5.74, 6) is -2.33. The molecule has 7 nitrogen and oxygen atoms in total. The lowest BCUT2D eigenvalue weighted by Gasteiger charge is -2.55. The molecule has 2 rings (SSSR count). The normalized spacial score (nSPS) is 46.9. The second-order valence-electron chi connectivity index (χ2n) is 5.36. The van der Waals surface area contributed by atoms with Crippen LogP contribution in [0.3, 0.4) is 0 Å². The van der Waals surface area contributed by atoms with Gasteiger partial charge in [0.05, 0.1) is 13.2 Å². The number of rotatable bonds is 5. The summed E-state index contributed by atoms with van der Waals surface area (Å²) in [5.41, 5.74) is 0. The number of ether oxygens (including phenoxy) is 6. The van der Waals surface area contributed by atoms with Crippen molar-refractivity contribution >= 4 is 0 Å². The molecule has 2 aliphatic heterocycles. The average Bonchev–Trinajstić information content (AvgIpc) is 2.49. The van der Waals surface area contributed by atoms with E-state index in [4.69, 9.17) is 28.4 Å². The smallest absolute Gasteiger partial charge is 0.220 e. The standard InChI is InChI=1S/C14H24O7/c1-6-7-18-12-11-10(9(15)8-19-12)20-13(2,16-4)14(3,17-5)21-11/h6,9-12,15H,1,7-8H2,2-5H3/t9-,10+,11-,12+,13-,14-/m1/s1. The summed E-state index contributed by atoms with van der Waals surface area (Å²) in [6.07, 6.45) is -1.17. The molecule has 6 atom stereocenters. The zero-order chi connectivity index (χ0) is 15.7. The number of aliphatic hydroxyl groups excluding tert-OH is 1. The van der Waals surface area contributed by atoms with E-state index in [1.54, 1.807) is 19.9 Å². The number of hydrogen-bond acceptors (Lipinski definition) is 7. The molecule has 2 heterocycles. The van der Waals surface area contributed by atoms with E-state index in [-0.39, 0.29) is 6.61 Å². The fourth-order valence-electron chi connectivity index (χ4n) is 2.53. The molecular formula is C14H24O7. The highest BCUT2D eigenvalue weighted by molar-refractivity contribution is 4.97. The van der Waals surface area contributed by atoms with Gasteiger partial charge >= 0.3 is 0 Å². The molecule has 2 saturated heterocycles. The summed E-state index contributed by atoms with van der Waals surface area (Å²) in [6, 6.07) is 0. The van der Waals surface area contributed by atoms with Crippen molar-refractivity contribution in [2.45, 2.75) is 50.0 Å². The highest BCUT2D eigenvalue weighted by Gasteiger charge is 2.61. The van der Waals surface area contributed by atoms with Crippen LogP contribution in [0.25, 0.3) is 0 Å². The second-order valence-corrected chi connectivity index (χ2v) is 5.36. The Bertz CT molecular complexity index is 376. The quantitative estimate of drug-likeness (QED) is 0.737. The van der Waals surface area contributed by atoms with Crippen LogP contribution in [0.4, 0.5) is 0 Å². The van der Waals surface area contributed by atoms with Crippen molar-refractivity contribution in [3.05, 3.63) is 12.7 Å². The Morgan fingerprint density at radius 3 is 2.29 bits per heavy atom. The van der Waals surface area contributed by atoms with E-state index in [0.717, 1.165) is 0 Å². The van der Waals surface area contributed by atoms with Gasteiger partial charge in [-0.05, 0) is 13.8 Å². The van der Waals surface area contributed by atoms with E-state index in [2.05, 4.69) is 6.58 Å². The van der Waals surface area contributed by atoms with Gasteiger partial charge in [0, 0.05) is 14.2 Å². The fourth-order valence-corrected chi connectivity index (χ4v) is 2.53. The van der Waals surface area contributed by atoms with E-state index in [9.17, 15) is 5.11 Å². The number of fused-ring (bicyclic) bond motifs is 1. The molecular weight excluding hydrogens is 280 g/mol. The first-order valence-electron chi connectivity index (χ1n) is 6.89. The summed E-state index contributed by atoms with van der Waals surface area (Å²) in [6.45, 7) is 7.41. The van der Waals surface area contributed by atoms with Gasteiger partial charge in [-0.2, -0.15) is 0 Å². The highest BCUT2D eigenvalue weighted by atomic mass is 16.8. The first-order chi connectivity index (χ1) is 9.90. The van der Waals surface area contributed by atoms with Gasteiger partial charge in [0.2, 0.25) is 11.6 Å². The van der Waals surface area contributed by atoms with E-state index in [0.29, 0.717) is 6.61 Å². The molecule has 0 aliphatic carbocycles. The van der Waals surface area contributed by atoms with Crippen molar-refractivity contribution in [3.63, 3.8) is 0 Å². The Labute approximate surface area is 124 Å². The molecule has 0 radical (unpaired) electrons. The molecule has 0 bridgehead atoms. The van der Waals surface area contributed by atoms with E-state index in [1.165, 1.54) is 14.2 Å². The van der Waals surface area contributed by atoms with Crippen LogP contribution in [-0.4, -0.2) is 68.7 Å². The maximum Gasteiger partial charge on any atom is 0.220 e. The van der Waals surface area contributed by atoms with Crippen LogP contribution in [-0.2, 0) is 28.4 Å². The van der Waals surface area contributed by atoms with Gasteiger partial charge in [-0.1, -0.05) is 6.08 Å². The number of methoxy groups -OCH3 is 2. The van der Waals surface area contributed by atoms with E-state index in [1.807, 2.05) is 0 Å². The predicted octanol–water partition coefficient (Wildman–Crippen LogP) is 0.415. The third kappa shape index (κ3) is 2.87. The fraction of sp³-hybridized carbons (Fsp3) is 0.857. The molecule has 122 valence electrons. The zero-order valence-corrected chi connectivity index (χ0v) is 12.9. The lowest BCUT2D eigenvalue weighted by atomic mass is 9.98. The minimum absolute atomic E-state index is 0.0931. The van der Waals surface area contributed by atoms with Gasteiger partial charge in [0.25, 0.3) is 0 Å². The van der Waals surface area contributed by atoms with Crippen LogP contribution >= 0.6 is 0 Å². The summed E-state index contributed by atoms with van der Waals surface area (Å²) in [4.78, 5) is 0. The van der Waals surface area contributed by atoms with Gasteiger partial charge in [-0.15, -0.1) is 6.58 Å². The zero-order valence-electron chi connectivity index (χ0n) is 12.9. The Morgan fingerprint density at radius 2 is 1.76 bits per heavy atom. The van der Waals surface area contributed by atoms with Crippen LogP contribution in [0, 0.1) is 0 Å². The molecule has 21 heavy (non-hydrogen) atoms. The lowest BCUT2D eigenvalue weighted by molar-refractivity contribution is -0.478. The van der Waals surface area contributed by atoms with Gasteiger partial charge < -0.3 is 33.5 Å².